The van der Waals surface area contributed by atoms with Gasteiger partial charge in [0.1, 0.15) is 0 Å². The van der Waals surface area contributed by atoms with E-state index in [1.54, 1.807) is 0 Å². The molecule has 0 radical (unpaired) electrons. The lowest BCUT2D eigenvalue weighted by Gasteiger charge is -2.18. The smallest absolute Gasteiger partial charge is 0.245 e. The molecule has 0 aliphatic heterocycles. The Morgan fingerprint density at radius 2 is 1.86 bits per heavy atom. The van der Waals surface area contributed by atoms with E-state index in [0.29, 0.717) is 0 Å². The maximum absolute atomic E-state index is 11.3. The monoisotopic (exact) mass is 197 g/mol. The van der Waals surface area contributed by atoms with Crippen molar-refractivity contribution in [3.63, 3.8) is 0 Å². The predicted molar refractivity (Wildman–Crippen MR) is 61.2 cm³/mol. The molecule has 0 bridgehead atoms. The maximum atomic E-state index is 11.3. The predicted octanol–water partition coefficient (Wildman–Crippen LogP) is 2.99. The van der Waals surface area contributed by atoms with E-state index in [1.165, 1.54) is 31.8 Å². The van der Waals surface area contributed by atoms with Crippen molar-refractivity contribution in [2.75, 3.05) is 13.1 Å². The van der Waals surface area contributed by atoms with Crippen LogP contribution in [-0.4, -0.2) is 23.9 Å². The summed E-state index contributed by atoms with van der Waals surface area (Å²) in [5, 5.41) is 0. The van der Waals surface area contributed by atoms with Gasteiger partial charge in [-0.2, -0.15) is 0 Å². The summed E-state index contributed by atoms with van der Waals surface area (Å²) in [6.45, 7) is 9.38. The third kappa shape index (κ3) is 5.79. The van der Waals surface area contributed by atoms with E-state index < -0.39 is 0 Å². The molecule has 82 valence electrons. The van der Waals surface area contributed by atoms with Crippen LogP contribution in [0.25, 0.3) is 0 Å². The minimum absolute atomic E-state index is 0.0583. The molecule has 0 heterocycles. The van der Waals surface area contributed by atoms with Gasteiger partial charge in [0, 0.05) is 13.1 Å². The van der Waals surface area contributed by atoms with Gasteiger partial charge in [-0.3, -0.25) is 4.79 Å². The normalized spacial score (nSPS) is 9.86. The lowest BCUT2D eigenvalue weighted by atomic mass is 10.1. The van der Waals surface area contributed by atoms with Crippen LogP contribution in [0.3, 0.4) is 0 Å². The Kier molecular flexibility index (Phi) is 8.30. The quantitative estimate of drug-likeness (QED) is 0.433. The second-order valence-electron chi connectivity index (χ2n) is 3.54. The van der Waals surface area contributed by atoms with E-state index in [2.05, 4.69) is 13.5 Å². The van der Waals surface area contributed by atoms with Crippen LogP contribution in [0.2, 0.25) is 0 Å². The van der Waals surface area contributed by atoms with Gasteiger partial charge in [0.25, 0.3) is 0 Å². The van der Waals surface area contributed by atoms with Crippen LogP contribution in [0.5, 0.6) is 0 Å². The molecule has 0 unspecified atom stereocenters. The number of unbranched alkanes of at least 4 members (excludes halogenated alkanes) is 4. The zero-order valence-electron chi connectivity index (χ0n) is 9.59. The van der Waals surface area contributed by atoms with Gasteiger partial charge >= 0.3 is 0 Å². The molecule has 0 spiro atoms. The molecule has 0 saturated carbocycles. The van der Waals surface area contributed by atoms with Gasteiger partial charge in [-0.05, 0) is 19.4 Å². The number of carbonyl (C=O) groups excluding carboxylic acids is 1. The molecule has 0 fully saturated rings. The van der Waals surface area contributed by atoms with Crippen LogP contribution in [0.15, 0.2) is 12.7 Å². The van der Waals surface area contributed by atoms with Gasteiger partial charge in [-0.15, -0.1) is 0 Å². The zero-order valence-corrected chi connectivity index (χ0v) is 9.59. The molecular weight excluding hydrogens is 174 g/mol. The Morgan fingerprint density at radius 1 is 1.21 bits per heavy atom. The fourth-order valence-corrected chi connectivity index (χ4v) is 1.46. The minimum atomic E-state index is 0.0583. The lowest BCUT2D eigenvalue weighted by molar-refractivity contribution is -0.125. The number of nitrogens with zero attached hydrogens (tertiary/aromatic N) is 1. The average Bonchev–Trinajstić information content (AvgIpc) is 2.22. The molecule has 0 rings (SSSR count). The van der Waals surface area contributed by atoms with Gasteiger partial charge < -0.3 is 4.90 Å². The highest BCUT2D eigenvalue weighted by Gasteiger charge is 2.05. The Balaban J connectivity index is 3.52. The van der Waals surface area contributed by atoms with E-state index >= 15 is 0 Å². The van der Waals surface area contributed by atoms with Gasteiger partial charge in [0.2, 0.25) is 5.91 Å². The molecule has 0 saturated heterocycles. The minimum Gasteiger partial charge on any atom is -0.339 e. The summed E-state index contributed by atoms with van der Waals surface area (Å²) < 4.78 is 0. The largest absolute Gasteiger partial charge is 0.339 e. The van der Waals surface area contributed by atoms with Crippen LogP contribution in [0.1, 0.15) is 46.0 Å². The topological polar surface area (TPSA) is 20.3 Å². The Morgan fingerprint density at radius 3 is 2.36 bits per heavy atom. The highest BCUT2D eigenvalue weighted by Crippen LogP contribution is 2.04. The fraction of sp³-hybridized carbons (Fsp3) is 0.750. The molecule has 0 aromatic rings. The van der Waals surface area contributed by atoms with Crippen molar-refractivity contribution in [1.29, 1.82) is 0 Å². The number of hydrogen-bond acceptors (Lipinski definition) is 1. The maximum Gasteiger partial charge on any atom is 0.245 e. The summed E-state index contributed by atoms with van der Waals surface area (Å²) in [5.41, 5.74) is 0. The van der Waals surface area contributed by atoms with Crippen LogP contribution >= 0.6 is 0 Å². The summed E-state index contributed by atoms with van der Waals surface area (Å²) in [5.74, 6) is 0.0583. The van der Waals surface area contributed by atoms with Crippen molar-refractivity contribution >= 4 is 5.91 Å². The summed E-state index contributed by atoms with van der Waals surface area (Å²) in [7, 11) is 0. The van der Waals surface area contributed by atoms with E-state index in [9.17, 15) is 4.79 Å². The first kappa shape index (κ1) is 13.2. The molecule has 0 aromatic heterocycles. The van der Waals surface area contributed by atoms with E-state index in [4.69, 9.17) is 0 Å². The van der Waals surface area contributed by atoms with Gasteiger partial charge in [-0.1, -0.05) is 39.2 Å². The summed E-state index contributed by atoms with van der Waals surface area (Å²) in [6, 6.07) is 0. The fourth-order valence-electron chi connectivity index (χ4n) is 1.46. The van der Waals surface area contributed by atoms with E-state index in [-0.39, 0.29) is 5.91 Å². The molecule has 14 heavy (non-hydrogen) atoms. The van der Waals surface area contributed by atoms with Gasteiger partial charge in [0.15, 0.2) is 0 Å². The summed E-state index contributed by atoms with van der Waals surface area (Å²) >= 11 is 0. The molecule has 1 amide bonds. The number of hydrogen-bond donors (Lipinski definition) is 0. The molecule has 0 aromatic carbocycles. The second kappa shape index (κ2) is 8.79. The van der Waals surface area contributed by atoms with Crippen molar-refractivity contribution in [2.45, 2.75) is 46.0 Å². The molecule has 0 N–H and O–H groups in total. The highest BCUT2D eigenvalue weighted by molar-refractivity contribution is 5.86. The van der Waals surface area contributed by atoms with E-state index in [0.717, 1.165) is 19.5 Å². The molecular formula is C12H23NO. The van der Waals surface area contributed by atoms with Crippen molar-refractivity contribution in [3.8, 4) is 0 Å². The first-order valence-electron chi connectivity index (χ1n) is 5.67. The highest BCUT2D eigenvalue weighted by atomic mass is 16.2. The molecule has 2 heteroatoms. The molecule has 0 atom stereocenters. The number of amides is 1. The van der Waals surface area contributed by atoms with Crippen LogP contribution in [-0.2, 0) is 4.79 Å². The lowest BCUT2D eigenvalue weighted by Crippen LogP contribution is -2.29. The summed E-state index contributed by atoms with van der Waals surface area (Å²) in [4.78, 5) is 13.1. The van der Waals surface area contributed by atoms with Crippen molar-refractivity contribution in [2.24, 2.45) is 0 Å². The Hall–Kier alpha value is -0.790. The van der Waals surface area contributed by atoms with Crippen LogP contribution in [0.4, 0.5) is 0 Å². The van der Waals surface area contributed by atoms with E-state index in [1.807, 2.05) is 11.8 Å². The van der Waals surface area contributed by atoms with Crippen LogP contribution in [0, 0.1) is 0 Å². The number of rotatable bonds is 8. The zero-order chi connectivity index (χ0) is 10.8. The number of likely N-dealkylation sites (N-methyl/N-ethyl adjacent to an activating group) is 1. The number of carbonyl (C=O) groups is 1. The van der Waals surface area contributed by atoms with Crippen molar-refractivity contribution < 1.29 is 4.79 Å². The summed E-state index contributed by atoms with van der Waals surface area (Å²) in [6.07, 6.45) is 7.61. The first-order chi connectivity index (χ1) is 6.76. The first-order valence-corrected chi connectivity index (χ1v) is 5.67. The third-order valence-electron chi connectivity index (χ3n) is 2.40. The molecule has 0 aliphatic rings. The standard InChI is InChI=1S/C12H23NO/c1-4-7-8-9-10-11-13(6-3)12(14)5-2/h5H,2,4,6-11H2,1,3H3. The SMILES string of the molecule is C=CC(=O)N(CC)CCCCCCC. The third-order valence-corrected chi connectivity index (χ3v) is 2.40. The van der Waals surface area contributed by atoms with Crippen molar-refractivity contribution in [1.82, 2.24) is 4.90 Å². The van der Waals surface area contributed by atoms with Crippen LogP contribution < -0.4 is 0 Å². The Labute approximate surface area is 88.0 Å². The second-order valence-corrected chi connectivity index (χ2v) is 3.54. The molecule has 0 aliphatic carbocycles. The molecule has 2 nitrogen and oxygen atoms in total. The Bertz CT molecular complexity index is 166. The van der Waals surface area contributed by atoms with Gasteiger partial charge in [0.05, 0.1) is 0 Å². The van der Waals surface area contributed by atoms with Crippen molar-refractivity contribution in [3.05, 3.63) is 12.7 Å². The average molecular weight is 197 g/mol. The van der Waals surface area contributed by atoms with Gasteiger partial charge in [-0.25, -0.2) is 0 Å².